The second-order valence-corrected chi connectivity index (χ2v) is 6.16. The van der Waals surface area contributed by atoms with Crippen LogP contribution in [0, 0.1) is 13.8 Å². The third-order valence-corrected chi connectivity index (χ3v) is 3.73. The Kier molecular flexibility index (Phi) is 5.02. The van der Waals surface area contributed by atoms with Crippen LogP contribution in [0.15, 0.2) is 46.9 Å². The van der Waals surface area contributed by atoms with Crippen molar-refractivity contribution in [2.75, 3.05) is 5.32 Å². The highest BCUT2D eigenvalue weighted by Gasteiger charge is 2.09. The maximum atomic E-state index is 12.1. The number of nitrogens with one attached hydrogen (secondary N) is 2. The molecule has 21 heavy (non-hydrogen) atoms. The van der Waals surface area contributed by atoms with Crippen LogP contribution in [0.5, 0.6) is 0 Å². The Morgan fingerprint density at radius 2 is 1.62 bits per heavy atom. The quantitative estimate of drug-likeness (QED) is 0.811. The molecule has 0 aliphatic carbocycles. The van der Waals surface area contributed by atoms with Crippen molar-refractivity contribution in [3.8, 4) is 0 Å². The number of benzene rings is 2. The SMILES string of the molecule is Cc1cc(C)cc(NC(=O)NC(C)c2ccc(Br)cc2)c1. The van der Waals surface area contributed by atoms with Gasteiger partial charge in [-0.1, -0.05) is 34.1 Å². The molecule has 0 aliphatic rings. The predicted octanol–water partition coefficient (Wildman–Crippen LogP) is 4.95. The maximum absolute atomic E-state index is 12.1. The molecule has 2 aromatic rings. The van der Waals surface area contributed by atoms with Crippen molar-refractivity contribution in [1.82, 2.24) is 5.32 Å². The van der Waals surface area contributed by atoms with Gasteiger partial charge in [-0.2, -0.15) is 0 Å². The molecule has 0 spiro atoms. The molecule has 0 saturated carbocycles. The van der Waals surface area contributed by atoms with Gasteiger partial charge in [-0.25, -0.2) is 4.79 Å². The van der Waals surface area contributed by atoms with Gasteiger partial charge in [0.25, 0.3) is 0 Å². The molecule has 3 nitrogen and oxygen atoms in total. The van der Waals surface area contributed by atoms with Crippen LogP contribution >= 0.6 is 15.9 Å². The summed E-state index contributed by atoms with van der Waals surface area (Å²) >= 11 is 3.40. The Hall–Kier alpha value is -1.81. The Morgan fingerprint density at radius 1 is 1.05 bits per heavy atom. The first-order valence-corrected chi connectivity index (χ1v) is 7.64. The van der Waals surface area contributed by atoms with Crippen LogP contribution < -0.4 is 10.6 Å². The van der Waals surface area contributed by atoms with Crippen molar-refractivity contribution in [2.24, 2.45) is 0 Å². The molecule has 0 heterocycles. The van der Waals surface area contributed by atoms with Gasteiger partial charge in [-0.3, -0.25) is 0 Å². The molecule has 0 radical (unpaired) electrons. The highest BCUT2D eigenvalue weighted by molar-refractivity contribution is 9.10. The van der Waals surface area contributed by atoms with Crippen LogP contribution in [0.25, 0.3) is 0 Å². The van der Waals surface area contributed by atoms with Gasteiger partial charge < -0.3 is 10.6 Å². The average Bonchev–Trinajstić information content (AvgIpc) is 2.37. The zero-order chi connectivity index (χ0) is 15.4. The van der Waals surface area contributed by atoms with Crippen molar-refractivity contribution in [2.45, 2.75) is 26.8 Å². The monoisotopic (exact) mass is 346 g/mol. The summed E-state index contributed by atoms with van der Waals surface area (Å²) in [5.41, 5.74) is 4.14. The fourth-order valence-electron chi connectivity index (χ4n) is 2.25. The van der Waals surface area contributed by atoms with E-state index in [2.05, 4.69) is 32.6 Å². The van der Waals surface area contributed by atoms with Crippen LogP contribution in [0.2, 0.25) is 0 Å². The molecule has 2 rings (SSSR count). The molecule has 0 saturated heterocycles. The summed E-state index contributed by atoms with van der Waals surface area (Å²) in [6, 6.07) is 13.7. The van der Waals surface area contributed by atoms with Crippen LogP contribution in [0.1, 0.15) is 29.7 Å². The molecular formula is C17H19BrN2O. The molecule has 110 valence electrons. The van der Waals surface area contributed by atoms with Gasteiger partial charge in [-0.05, 0) is 61.7 Å². The molecular weight excluding hydrogens is 328 g/mol. The fourth-order valence-corrected chi connectivity index (χ4v) is 2.51. The fraction of sp³-hybridized carbons (Fsp3) is 0.235. The number of carbonyl (C=O) groups excluding carboxylic acids is 1. The zero-order valence-corrected chi connectivity index (χ0v) is 14.0. The first kappa shape index (κ1) is 15.6. The average molecular weight is 347 g/mol. The highest BCUT2D eigenvalue weighted by atomic mass is 79.9. The van der Waals surface area contributed by atoms with Crippen molar-refractivity contribution in [1.29, 1.82) is 0 Å². The Morgan fingerprint density at radius 3 is 2.19 bits per heavy atom. The molecule has 0 fully saturated rings. The summed E-state index contributed by atoms with van der Waals surface area (Å²) in [6.07, 6.45) is 0. The third kappa shape index (κ3) is 4.60. The lowest BCUT2D eigenvalue weighted by Gasteiger charge is -2.15. The van der Waals surface area contributed by atoms with E-state index in [0.29, 0.717) is 0 Å². The number of anilines is 1. The summed E-state index contributed by atoms with van der Waals surface area (Å²) in [7, 11) is 0. The number of rotatable bonds is 3. The van der Waals surface area contributed by atoms with Crippen LogP contribution in [-0.4, -0.2) is 6.03 Å². The lowest BCUT2D eigenvalue weighted by atomic mass is 10.1. The molecule has 4 heteroatoms. The first-order valence-electron chi connectivity index (χ1n) is 6.85. The molecule has 2 N–H and O–H groups in total. The lowest BCUT2D eigenvalue weighted by molar-refractivity contribution is 0.249. The number of urea groups is 1. The third-order valence-electron chi connectivity index (χ3n) is 3.20. The number of hydrogen-bond acceptors (Lipinski definition) is 1. The topological polar surface area (TPSA) is 41.1 Å². The van der Waals surface area contributed by atoms with Gasteiger partial charge in [0.1, 0.15) is 0 Å². The minimum atomic E-state index is -0.199. The minimum absolute atomic E-state index is 0.0518. The summed E-state index contributed by atoms with van der Waals surface area (Å²) in [5.74, 6) is 0. The van der Waals surface area contributed by atoms with Gasteiger partial charge in [0, 0.05) is 10.2 Å². The van der Waals surface area contributed by atoms with Crippen molar-refractivity contribution < 1.29 is 4.79 Å². The molecule has 2 amide bonds. The zero-order valence-electron chi connectivity index (χ0n) is 12.4. The van der Waals surface area contributed by atoms with E-state index in [-0.39, 0.29) is 12.1 Å². The van der Waals surface area contributed by atoms with E-state index in [9.17, 15) is 4.79 Å². The van der Waals surface area contributed by atoms with Crippen LogP contribution in [-0.2, 0) is 0 Å². The number of aryl methyl sites for hydroxylation is 2. The molecule has 0 aromatic heterocycles. The van der Waals surface area contributed by atoms with E-state index in [1.807, 2.05) is 57.2 Å². The van der Waals surface area contributed by atoms with E-state index in [4.69, 9.17) is 0 Å². The van der Waals surface area contributed by atoms with E-state index in [1.54, 1.807) is 0 Å². The maximum Gasteiger partial charge on any atom is 0.319 e. The molecule has 1 atom stereocenters. The van der Waals surface area contributed by atoms with Crippen molar-refractivity contribution in [3.63, 3.8) is 0 Å². The summed E-state index contributed by atoms with van der Waals surface area (Å²) in [5, 5.41) is 5.81. The number of hydrogen-bond donors (Lipinski definition) is 2. The Bertz CT molecular complexity index is 617. The van der Waals surface area contributed by atoms with Crippen LogP contribution in [0.4, 0.5) is 10.5 Å². The van der Waals surface area contributed by atoms with Gasteiger partial charge in [-0.15, -0.1) is 0 Å². The van der Waals surface area contributed by atoms with Gasteiger partial charge in [0.15, 0.2) is 0 Å². The van der Waals surface area contributed by atoms with E-state index >= 15 is 0 Å². The standard InChI is InChI=1S/C17H19BrN2O/c1-11-8-12(2)10-16(9-11)20-17(21)19-13(3)14-4-6-15(18)7-5-14/h4-10,13H,1-3H3,(H2,19,20,21). The summed E-state index contributed by atoms with van der Waals surface area (Å²) in [4.78, 5) is 12.1. The summed E-state index contributed by atoms with van der Waals surface area (Å²) in [6.45, 7) is 5.99. The first-order chi connectivity index (χ1) is 9.94. The largest absolute Gasteiger partial charge is 0.331 e. The normalized spacial score (nSPS) is 11.8. The van der Waals surface area contributed by atoms with Crippen molar-refractivity contribution in [3.05, 3.63) is 63.6 Å². The Labute approximate surface area is 133 Å². The molecule has 0 bridgehead atoms. The molecule has 1 unspecified atom stereocenters. The molecule has 2 aromatic carbocycles. The second kappa shape index (κ2) is 6.76. The lowest BCUT2D eigenvalue weighted by Crippen LogP contribution is -2.31. The van der Waals surface area contributed by atoms with E-state index in [1.165, 1.54) is 0 Å². The van der Waals surface area contributed by atoms with Crippen molar-refractivity contribution >= 4 is 27.6 Å². The predicted molar refractivity (Wildman–Crippen MR) is 90.6 cm³/mol. The summed E-state index contributed by atoms with van der Waals surface area (Å²) < 4.78 is 1.03. The second-order valence-electron chi connectivity index (χ2n) is 5.25. The Balaban J connectivity index is 1.99. The minimum Gasteiger partial charge on any atom is -0.331 e. The molecule has 0 aliphatic heterocycles. The highest BCUT2D eigenvalue weighted by Crippen LogP contribution is 2.17. The number of amides is 2. The van der Waals surface area contributed by atoms with E-state index < -0.39 is 0 Å². The van der Waals surface area contributed by atoms with E-state index in [0.717, 1.165) is 26.9 Å². The smallest absolute Gasteiger partial charge is 0.319 e. The van der Waals surface area contributed by atoms with Gasteiger partial charge in [0.2, 0.25) is 0 Å². The number of carbonyl (C=O) groups is 1. The van der Waals surface area contributed by atoms with Gasteiger partial charge >= 0.3 is 6.03 Å². The van der Waals surface area contributed by atoms with Gasteiger partial charge in [0.05, 0.1) is 6.04 Å². The number of halogens is 1. The van der Waals surface area contributed by atoms with Crippen LogP contribution in [0.3, 0.4) is 0 Å².